The Morgan fingerprint density at radius 1 is 0.921 bits per heavy atom. The third-order valence-corrected chi connectivity index (χ3v) is 6.80. The van der Waals surface area contributed by atoms with Gasteiger partial charge in [-0.1, -0.05) is 42.4 Å². The number of ether oxygens (including phenoxy) is 1. The molecule has 0 bridgehead atoms. The van der Waals surface area contributed by atoms with E-state index in [0.29, 0.717) is 17.9 Å². The second-order valence-corrected chi connectivity index (χ2v) is 12.4. The van der Waals surface area contributed by atoms with E-state index in [9.17, 15) is 19.5 Å². The Morgan fingerprint density at radius 3 is 2.03 bits per heavy atom. The fourth-order valence-electron chi connectivity index (χ4n) is 3.13. The third kappa shape index (κ3) is 21.1. The highest BCUT2D eigenvalue weighted by Crippen LogP contribution is 2.14. The second kappa shape index (κ2) is 21.0. The van der Waals surface area contributed by atoms with E-state index in [2.05, 4.69) is 56.6 Å². The second-order valence-electron chi connectivity index (χ2n) is 10.4. The van der Waals surface area contributed by atoms with Gasteiger partial charge < -0.3 is 20.5 Å². The van der Waals surface area contributed by atoms with Gasteiger partial charge in [0.1, 0.15) is 17.7 Å². The van der Waals surface area contributed by atoms with Gasteiger partial charge in [0.2, 0.25) is 5.91 Å². The molecule has 2 atom stereocenters. The molecule has 0 aliphatic rings. The fourth-order valence-corrected chi connectivity index (χ4v) is 4.60. The monoisotopic (exact) mass is 572 g/mol. The maximum Gasteiger partial charge on any atom is 0.408 e. The zero-order chi connectivity index (χ0) is 28.4. The first-order chi connectivity index (χ1) is 17.2. The molecule has 0 heterocycles. The van der Waals surface area contributed by atoms with Gasteiger partial charge in [-0.05, 0) is 92.6 Å². The van der Waals surface area contributed by atoms with Crippen LogP contribution < -0.4 is 10.6 Å². The number of rotatable bonds is 17. The number of alkyl carbamates (subject to hydrolysis) is 1. The fraction of sp³-hybridized carbons (Fsp3) is 0.690. The van der Waals surface area contributed by atoms with Crippen LogP contribution in [0.4, 0.5) is 4.79 Å². The highest BCUT2D eigenvalue weighted by Gasteiger charge is 2.28. The lowest BCUT2D eigenvalue weighted by molar-refractivity contribution is -0.141. The van der Waals surface area contributed by atoms with Crippen LogP contribution in [0.2, 0.25) is 0 Å². The van der Waals surface area contributed by atoms with Gasteiger partial charge in [0, 0.05) is 11.5 Å². The molecular weight excluding hydrogens is 520 g/mol. The molecule has 0 fully saturated rings. The predicted octanol–water partition coefficient (Wildman–Crippen LogP) is 6.99. The zero-order valence-corrected chi connectivity index (χ0v) is 25.6. The molecular formula is C29H52N2O5S2. The largest absolute Gasteiger partial charge is 0.480 e. The van der Waals surface area contributed by atoms with E-state index < -0.39 is 35.7 Å². The first-order valence-electron chi connectivity index (χ1n) is 12.8. The molecule has 3 N–H and O–H groups in total. The Hall–Kier alpha value is -1.87. The summed E-state index contributed by atoms with van der Waals surface area (Å²) < 4.78 is 5.25. The molecule has 7 nitrogen and oxygen atoms in total. The number of hydrogen-bond acceptors (Lipinski definition) is 6. The molecule has 0 aliphatic carbocycles. The minimum atomic E-state index is -1.10. The summed E-state index contributed by atoms with van der Waals surface area (Å²) in [6.45, 7) is 13.7. The summed E-state index contributed by atoms with van der Waals surface area (Å²) in [5, 5.41) is 14.8. The van der Waals surface area contributed by atoms with Crippen LogP contribution in [-0.2, 0) is 14.3 Å². The number of carbonyl (C=O) groups is 3. The van der Waals surface area contributed by atoms with Crippen LogP contribution in [0.5, 0.6) is 0 Å². The predicted molar refractivity (Wildman–Crippen MR) is 165 cm³/mol. The molecule has 0 radical (unpaired) electrons. The van der Waals surface area contributed by atoms with Gasteiger partial charge in [0.25, 0.3) is 0 Å². The van der Waals surface area contributed by atoms with Crippen LogP contribution >= 0.6 is 23.5 Å². The van der Waals surface area contributed by atoms with Crippen LogP contribution in [0.15, 0.2) is 34.9 Å². The van der Waals surface area contributed by atoms with Crippen LogP contribution in [0.25, 0.3) is 0 Å². The standard InChI is InChI=1S/C28H48N2O5S2.CH4/c1-20(2)11-9-12-21(3)13-10-14-22(4)15-18-37-19-24(26(32)33)29-25(31)23(16-17-36-8)30-27(34)35-28(5,6)7;/h11,13,15,23-24H,9-10,12,14,16-19H2,1-8H3,(H,29,31)(H,30,34)(H,32,33);1H4/b21-13+,22-15+;/t23-,24-;/m0./s1. The van der Waals surface area contributed by atoms with Gasteiger partial charge in [-0.2, -0.15) is 23.5 Å². The summed E-state index contributed by atoms with van der Waals surface area (Å²) >= 11 is 2.99. The third-order valence-electron chi connectivity index (χ3n) is 5.19. The van der Waals surface area contributed by atoms with Crippen LogP contribution in [0.3, 0.4) is 0 Å². The molecule has 0 aromatic heterocycles. The Bertz CT molecular complexity index is 812. The van der Waals surface area contributed by atoms with Crippen molar-refractivity contribution in [2.75, 3.05) is 23.5 Å². The van der Waals surface area contributed by atoms with Crippen molar-refractivity contribution in [3.8, 4) is 0 Å². The van der Waals surface area contributed by atoms with E-state index >= 15 is 0 Å². The number of carboxylic acids is 1. The first-order valence-corrected chi connectivity index (χ1v) is 15.3. The first kappa shape index (κ1) is 38.3. The number of thioether (sulfide) groups is 2. The molecule has 9 heteroatoms. The molecule has 0 aromatic rings. The van der Waals surface area contributed by atoms with Crippen molar-refractivity contribution in [3.63, 3.8) is 0 Å². The molecule has 2 amide bonds. The number of nitrogens with one attached hydrogen (secondary N) is 2. The molecule has 0 aliphatic heterocycles. The molecule has 0 spiro atoms. The maximum absolute atomic E-state index is 12.8. The van der Waals surface area contributed by atoms with Crippen molar-refractivity contribution in [1.82, 2.24) is 10.6 Å². The Balaban J connectivity index is 0. The number of carboxylic acid groups (broad SMARTS) is 1. The Kier molecular flexibility index (Phi) is 21.2. The van der Waals surface area contributed by atoms with Crippen molar-refractivity contribution in [2.45, 2.75) is 106 Å². The average molecular weight is 573 g/mol. The van der Waals surface area contributed by atoms with E-state index in [-0.39, 0.29) is 13.2 Å². The average Bonchev–Trinajstić information content (AvgIpc) is 2.76. The maximum atomic E-state index is 12.8. The summed E-state index contributed by atoms with van der Waals surface area (Å²) in [4.78, 5) is 36.7. The van der Waals surface area contributed by atoms with Gasteiger partial charge in [-0.3, -0.25) is 4.79 Å². The van der Waals surface area contributed by atoms with Crippen LogP contribution in [-0.4, -0.2) is 64.3 Å². The number of allylic oxidation sites excluding steroid dienone is 5. The lowest BCUT2D eigenvalue weighted by atomic mass is 10.1. The minimum Gasteiger partial charge on any atom is -0.480 e. The lowest BCUT2D eigenvalue weighted by Gasteiger charge is -2.24. The highest BCUT2D eigenvalue weighted by atomic mass is 32.2. The number of aliphatic carboxylic acids is 1. The van der Waals surface area contributed by atoms with Crippen molar-refractivity contribution < 1.29 is 24.2 Å². The normalized spacial score (nSPS) is 13.6. The zero-order valence-electron chi connectivity index (χ0n) is 23.9. The molecule has 0 unspecified atom stereocenters. The summed E-state index contributed by atoms with van der Waals surface area (Å²) in [5.74, 6) is -0.0896. The van der Waals surface area contributed by atoms with E-state index in [0.717, 1.165) is 25.7 Å². The molecule has 0 saturated heterocycles. The molecule has 0 saturated carbocycles. The highest BCUT2D eigenvalue weighted by molar-refractivity contribution is 7.99. The number of amides is 2. The van der Waals surface area contributed by atoms with E-state index in [4.69, 9.17) is 4.74 Å². The molecule has 38 heavy (non-hydrogen) atoms. The van der Waals surface area contributed by atoms with Crippen molar-refractivity contribution >= 4 is 41.5 Å². The lowest BCUT2D eigenvalue weighted by Crippen LogP contribution is -2.53. The van der Waals surface area contributed by atoms with Crippen molar-refractivity contribution in [1.29, 1.82) is 0 Å². The summed E-state index contributed by atoms with van der Waals surface area (Å²) in [5.41, 5.74) is 3.31. The summed E-state index contributed by atoms with van der Waals surface area (Å²) in [7, 11) is 0. The SMILES string of the molecule is C.CSCC[C@H](NC(=O)OC(C)(C)C)C(=O)N[C@@H](CSC/C=C(\C)CC/C=C(\C)CCC=C(C)C)C(=O)O. The van der Waals surface area contributed by atoms with Crippen LogP contribution in [0.1, 0.15) is 88.0 Å². The molecule has 0 rings (SSSR count). The summed E-state index contributed by atoms with van der Waals surface area (Å²) in [6, 6.07) is -1.91. The van der Waals surface area contributed by atoms with E-state index in [1.807, 2.05) is 6.26 Å². The van der Waals surface area contributed by atoms with Gasteiger partial charge in [0.05, 0.1) is 0 Å². The Morgan fingerprint density at radius 2 is 1.50 bits per heavy atom. The molecule has 0 aromatic carbocycles. The van der Waals surface area contributed by atoms with Gasteiger partial charge in [-0.25, -0.2) is 9.59 Å². The van der Waals surface area contributed by atoms with Gasteiger partial charge >= 0.3 is 12.1 Å². The number of hydrogen-bond donors (Lipinski definition) is 3. The quantitative estimate of drug-likeness (QED) is 0.127. The smallest absolute Gasteiger partial charge is 0.408 e. The Labute approximate surface area is 240 Å². The van der Waals surface area contributed by atoms with E-state index in [1.165, 1.54) is 40.2 Å². The summed E-state index contributed by atoms with van der Waals surface area (Å²) in [6.07, 6.45) is 12.3. The minimum absolute atomic E-state index is 0. The topological polar surface area (TPSA) is 105 Å². The molecule has 220 valence electrons. The van der Waals surface area contributed by atoms with Gasteiger partial charge in [0.15, 0.2) is 0 Å². The van der Waals surface area contributed by atoms with Crippen LogP contribution in [0, 0.1) is 0 Å². The van der Waals surface area contributed by atoms with Crippen molar-refractivity contribution in [3.05, 3.63) is 34.9 Å². The van der Waals surface area contributed by atoms with Gasteiger partial charge in [-0.15, -0.1) is 0 Å². The van der Waals surface area contributed by atoms with Crippen molar-refractivity contribution in [2.24, 2.45) is 0 Å². The number of carbonyl (C=O) groups excluding carboxylic acids is 2. The van der Waals surface area contributed by atoms with E-state index in [1.54, 1.807) is 20.8 Å².